The third-order valence-corrected chi connectivity index (χ3v) is 7.00. The maximum absolute atomic E-state index is 13.1. The van der Waals surface area contributed by atoms with E-state index in [9.17, 15) is 9.59 Å². The van der Waals surface area contributed by atoms with Crippen molar-refractivity contribution in [1.82, 2.24) is 15.1 Å². The maximum atomic E-state index is 13.1. The van der Waals surface area contributed by atoms with Gasteiger partial charge in [0.2, 0.25) is 11.8 Å². The lowest BCUT2D eigenvalue weighted by molar-refractivity contribution is -0.141. The fourth-order valence-electron chi connectivity index (χ4n) is 5.17. The summed E-state index contributed by atoms with van der Waals surface area (Å²) in [4.78, 5) is 29.2. The Balaban J connectivity index is 1.62. The number of nitrogens with zero attached hydrogens (tertiary/aromatic N) is 2. The Morgan fingerprint density at radius 3 is 2.52 bits per heavy atom. The molecule has 1 N–H and O–H groups in total. The molecule has 3 rings (SSSR count). The van der Waals surface area contributed by atoms with Crippen LogP contribution < -0.4 is 5.32 Å². The second-order valence-corrected chi connectivity index (χ2v) is 8.92. The van der Waals surface area contributed by atoms with Crippen molar-refractivity contribution in [2.24, 2.45) is 17.3 Å². The van der Waals surface area contributed by atoms with Crippen molar-refractivity contribution in [3.05, 3.63) is 0 Å². The Morgan fingerprint density at radius 2 is 1.96 bits per heavy atom. The van der Waals surface area contributed by atoms with E-state index in [4.69, 9.17) is 0 Å². The summed E-state index contributed by atoms with van der Waals surface area (Å²) in [6, 6.07) is -0.321. The molecule has 1 saturated carbocycles. The molecule has 0 aromatic rings. The molecule has 5 heteroatoms. The molecular formula is C20H35N3O2. The van der Waals surface area contributed by atoms with E-state index in [1.54, 1.807) is 0 Å². The van der Waals surface area contributed by atoms with Crippen molar-refractivity contribution in [3.8, 4) is 0 Å². The first kappa shape index (κ1) is 18.7. The van der Waals surface area contributed by atoms with E-state index in [0.717, 1.165) is 32.5 Å². The van der Waals surface area contributed by atoms with Gasteiger partial charge in [-0.3, -0.25) is 9.59 Å². The molecule has 0 radical (unpaired) electrons. The van der Waals surface area contributed by atoms with Crippen molar-refractivity contribution in [2.45, 2.75) is 64.8 Å². The molecule has 5 nitrogen and oxygen atoms in total. The van der Waals surface area contributed by atoms with Crippen LogP contribution in [0.15, 0.2) is 0 Å². The summed E-state index contributed by atoms with van der Waals surface area (Å²) in [6.07, 6.45) is 8.15. The fraction of sp³-hybridized carbons (Fsp3) is 0.900. The highest BCUT2D eigenvalue weighted by molar-refractivity contribution is 5.87. The highest BCUT2D eigenvalue weighted by Crippen LogP contribution is 2.43. The Labute approximate surface area is 152 Å². The predicted molar refractivity (Wildman–Crippen MR) is 99.1 cm³/mol. The largest absolute Gasteiger partial charge is 0.345 e. The predicted octanol–water partition coefficient (Wildman–Crippen LogP) is 2.26. The maximum Gasteiger partial charge on any atom is 0.245 e. The van der Waals surface area contributed by atoms with Crippen LogP contribution in [-0.4, -0.2) is 60.9 Å². The van der Waals surface area contributed by atoms with Gasteiger partial charge in [-0.2, -0.15) is 0 Å². The van der Waals surface area contributed by atoms with Crippen LogP contribution in [0, 0.1) is 17.3 Å². The highest BCUT2D eigenvalue weighted by atomic mass is 16.2. The summed E-state index contributed by atoms with van der Waals surface area (Å²) in [7, 11) is 2.22. The molecule has 2 saturated heterocycles. The summed E-state index contributed by atoms with van der Waals surface area (Å²) < 4.78 is 0. The number of hydrogen-bond acceptors (Lipinski definition) is 3. The number of likely N-dealkylation sites (tertiary alicyclic amines) is 2. The minimum atomic E-state index is -0.321. The first-order valence-corrected chi connectivity index (χ1v) is 10.1. The van der Waals surface area contributed by atoms with E-state index >= 15 is 0 Å². The number of carbonyl (C=O) groups excluding carboxylic acids is 2. The molecule has 0 aromatic carbocycles. The lowest BCUT2D eigenvalue weighted by Crippen LogP contribution is -2.57. The van der Waals surface area contributed by atoms with E-state index in [-0.39, 0.29) is 17.9 Å². The van der Waals surface area contributed by atoms with Crippen LogP contribution >= 0.6 is 0 Å². The van der Waals surface area contributed by atoms with Gasteiger partial charge in [-0.15, -0.1) is 0 Å². The SMILES string of the molecule is CC(=O)N[C@H](CC1CCC1)C(=O)N1CCC2(CCCN(C)C2)C(C)C1. The van der Waals surface area contributed by atoms with E-state index in [1.165, 1.54) is 45.6 Å². The molecule has 3 fully saturated rings. The average Bonchev–Trinajstić information content (AvgIpc) is 2.51. The van der Waals surface area contributed by atoms with Crippen molar-refractivity contribution in [1.29, 1.82) is 0 Å². The van der Waals surface area contributed by atoms with Gasteiger partial charge in [0.05, 0.1) is 0 Å². The van der Waals surface area contributed by atoms with Crippen molar-refractivity contribution >= 4 is 11.8 Å². The molecule has 2 unspecified atom stereocenters. The van der Waals surface area contributed by atoms with Gasteiger partial charge in [0.15, 0.2) is 0 Å². The van der Waals surface area contributed by atoms with Crippen LogP contribution in [0.2, 0.25) is 0 Å². The highest BCUT2D eigenvalue weighted by Gasteiger charge is 2.44. The van der Waals surface area contributed by atoms with Gasteiger partial charge >= 0.3 is 0 Å². The quantitative estimate of drug-likeness (QED) is 0.847. The summed E-state index contributed by atoms with van der Waals surface area (Å²) in [6.45, 7) is 7.88. The summed E-state index contributed by atoms with van der Waals surface area (Å²) >= 11 is 0. The van der Waals surface area contributed by atoms with E-state index in [1.807, 2.05) is 4.90 Å². The zero-order valence-electron chi connectivity index (χ0n) is 16.2. The average molecular weight is 350 g/mol. The minimum Gasteiger partial charge on any atom is -0.345 e. The van der Waals surface area contributed by atoms with Gasteiger partial charge in [-0.1, -0.05) is 26.2 Å². The molecule has 1 aliphatic carbocycles. The number of rotatable bonds is 4. The first-order chi connectivity index (χ1) is 11.9. The van der Waals surface area contributed by atoms with E-state index in [0.29, 0.717) is 17.3 Å². The number of amides is 2. The second kappa shape index (κ2) is 7.65. The third-order valence-electron chi connectivity index (χ3n) is 7.00. The first-order valence-electron chi connectivity index (χ1n) is 10.1. The summed E-state index contributed by atoms with van der Waals surface area (Å²) in [5.74, 6) is 1.19. The second-order valence-electron chi connectivity index (χ2n) is 8.92. The molecule has 3 aliphatic rings. The van der Waals surface area contributed by atoms with Crippen LogP contribution in [0.4, 0.5) is 0 Å². The van der Waals surface area contributed by atoms with Crippen LogP contribution in [0.3, 0.4) is 0 Å². The zero-order valence-corrected chi connectivity index (χ0v) is 16.2. The molecule has 0 aromatic heterocycles. The smallest absolute Gasteiger partial charge is 0.245 e. The Bertz CT molecular complexity index is 505. The number of piperidine rings is 2. The fourth-order valence-corrected chi connectivity index (χ4v) is 5.17. The lowest BCUT2D eigenvalue weighted by Gasteiger charge is -2.51. The van der Waals surface area contributed by atoms with Crippen molar-refractivity contribution < 1.29 is 9.59 Å². The molecular weight excluding hydrogens is 314 g/mol. The Morgan fingerprint density at radius 1 is 1.20 bits per heavy atom. The van der Waals surface area contributed by atoms with Gasteiger partial charge in [0, 0.05) is 26.6 Å². The molecule has 2 aliphatic heterocycles. The van der Waals surface area contributed by atoms with Crippen molar-refractivity contribution in [2.75, 3.05) is 33.2 Å². The standard InChI is InChI=1S/C20H35N3O2/c1-15-13-23(11-9-20(15)8-5-10-22(3)14-20)19(25)18(21-16(2)24)12-17-6-4-7-17/h15,17-18H,4-14H2,1-3H3,(H,21,24)/t15?,18-,20?/m1/s1. The summed E-state index contributed by atoms with van der Waals surface area (Å²) in [5, 5.41) is 2.93. The lowest BCUT2D eigenvalue weighted by atomic mass is 9.66. The Hall–Kier alpha value is -1.10. The number of carbonyl (C=O) groups is 2. The minimum absolute atomic E-state index is 0.0897. The Kier molecular flexibility index (Phi) is 5.71. The molecule has 142 valence electrons. The van der Waals surface area contributed by atoms with Crippen molar-refractivity contribution in [3.63, 3.8) is 0 Å². The van der Waals surface area contributed by atoms with Gasteiger partial charge in [-0.05, 0) is 56.5 Å². The molecule has 0 bridgehead atoms. The molecule has 1 spiro atoms. The third kappa shape index (κ3) is 4.18. The van der Waals surface area contributed by atoms with Gasteiger partial charge in [0.1, 0.15) is 6.04 Å². The number of nitrogens with one attached hydrogen (secondary N) is 1. The summed E-state index contributed by atoms with van der Waals surface area (Å²) in [5.41, 5.74) is 0.376. The van der Waals surface area contributed by atoms with E-state index in [2.05, 4.69) is 24.2 Å². The molecule has 2 amide bonds. The topological polar surface area (TPSA) is 52.7 Å². The van der Waals surface area contributed by atoms with Crippen LogP contribution in [0.1, 0.15) is 58.8 Å². The van der Waals surface area contributed by atoms with Gasteiger partial charge in [-0.25, -0.2) is 0 Å². The monoisotopic (exact) mass is 349 g/mol. The molecule has 25 heavy (non-hydrogen) atoms. The van der Waals surface area contributed by atoms with Crippen LogP contribution in [0.25, 0.3) is 0 Å². The normalized spacial score (nSPS) is 32.3. The van der Waals surface area contributed by atoms with Crippen LogP contribution in [-0.2, 0) is 9.59 Å². The zero-order chi connectivity index (χ0) is 18.0. The number of hydrogen-bond donors (Lipinski definition) is 1. The van der Waals surface area contributed by atoms with Gasteiger partial charge in [0.25, 0.3) is 0 Å². The van der Waals surface area contributed by atoms with Gasteiger partial charge < -0.3 is 15.1 Å². The van der Waals surface area contributed by atoms with Crippen LogP contribution in [0.5, 0.6) is 0 Å². The van der Waals surface area contributed by atoms with E-state index < -0.39 is 0 Å². The molecule has 3 atom stereocenters. The molecule has 2 heterocycles.